The molecule has 1 aromatic rings. The van der Waals surface area contributed by atoms with Gasteiger partial charge in [-0.1, -0.05) is 19.3 Å². The molecule has 2 heterocycles. The maximum Gasteiger partial charge on any atom is 0.410 e. The van der Waals surface area contributed by atoms with E-state index < -0.39 is 5.60 Å². The Morgan fingerprint density at radius 3 is 2.42 bits per heavy atom. The molecule has 0 bridgehead atoms. The smallest absolute Gasteiger partial charge is 0.410 e. The van der Waals surface area contributed by atoms with Gasteiger partial charge in [-0.2, -0.15) is 5.10 Å². The number of ether oxygens (including phenoxy) is 1. The van der Waals surface area contributed by atoms with Crippen LogP contribution in [0.1, 0.15) is 83.2 Å². The topological polar surface area (TPSA) is 47.4 Å². The number of aromatic nitrogens is 2. The van der Waals surface area contributed by atoms with Gasteiger partial charge in [0.1, 0.15) is 5.60 Å². The Morgan fingerprint density at radius 1 is 1.12 bits per heavy atom. The van der Waals surface area contributed by atoms with E-state index in [1.807, 2.05) is 25.7 Å². The second-order valence-electron chi connectivity index (χ2n) is 8.29. The molecule has 24 heavy (non-hydrogen) atoms. The van der Waals surface area contributed by atoms with Crippen molar-refractivity contribution in [3.05, 3.63) is 18.0 Å². The van der Waals surface area contributed by atoms with E-state index in [1.165, 1.54) is 37.7 Å². The first kappa shape index (κ1) is 17.3. The standard InChI is InChI=1S/C19H31N3O2/c1-19(2,3)24-18(23)21-11-9-17(10-12-21)22-14-16(13-20-22)15-7-5-4-6-8-15/h13-15,17H,4-12H2,1-3H3. The van der Waals surface area contributed by atoms with E-state index >= 15 is 0 Å². The molecule has 1 saturated carbocycles. The number of amides is 1. The summed E-state index contributed by atoms with van der Waals surface area (Å²) in [4.78, 5) is 14.0. The van der Waals surface area contributed by atoms with Crippen LogP contribution in [0.2, 0.25) is 0 Å². The van der Waals surface area contributed by atoms with Crippen LogP contribution in [0.15, 0.2) is 12.4 Å². The third kappa shape index (κ3) is 4.31. The third-order valence-corrected chi connectivity index (χ3v) is 5.19. The zero-order valence-corrected chi connectivity index (χ0v) is 15.3. The Balaban J connectivity index is 1.53. The maximum absolute atomic E-state index is 12.1. The number of carbonyl (C=O) groups is 1. The Morgan fingerprint density at radius 2 is 1.79 bits per heavy atom. The molecule has 0 spiro atoms. The van der Waals surface area contributed by atoms with Crippen molar-refractivity contribution in [2.75, 3.05) is 13.1 Å². The van der Waals surface area contributed by atoms with Gasteiger partial charge >= 0.3 is 6.09 Å². The average molecular weight is 333 g/mol. The predicted molar refractivity (Wildman–Crippen MR) is 94.1 cm³/mol. The van der Waals surface area contributed by atoms with Crippen molar-refractivity contribution >= 4 is 6.09 Å². The van der Waals surface area contributed by atoms with Gasteiger partial charge in [-0.15, -0.1) is 0 Å². The molecule has 1 aliphatic heterocycles. The highest BCUT2D eigenvalue weighted by Gasteiger charge is 2.28. The van der Waals surface area contributed by atoms with Gasteiger partial charge in [-0.05, 0) is 57.9 Å². The summed E-state index contributed by atoms with van der Waals surface area (Å²) < 4.78 is 7.60. The summed E-state index contributed by atoms with van der Waals surface area (Å²) in [6.45, 7) is 7.23. The minimum absolute atomic E-state index is 0.190. The van der Waals surface area contributed by atoms with Gasteiger partial charge in [-0.25, -0.2) is 4.79 Å². The molecule has 0 atom stereocenters. The van der Waals surface area contributed by atoms with E-state index in [-0.39, 0.29) is 6.09 Å². The van der Waals surface area contributed by atoms with Crippen LogP contribution in [0.3, 0.4) is 0 Å². The van der Waals surface area contributed by atoms with Crippen LogP contribution in [-0.2, 0) is 4.74 Å². The van der Waals surface area contributed by atoms with Crippen molar-refractivity contribution in [3.8, 4) is 0 Å². The summed E-state index contributed by atoms with van der Waals surface area (Å²) in [5.74, 6) is 0.703. The first-order chi connectivity index (χ1) is 11.4. The molecule has 0 aromatic carbocycles. The molecule has 1 aromatic heterocycles. The highest BCUT2D eigenvalue weighted by atomic mass is 16.6. The minimum atomic E-state index is -0.426. The molecule has 5 heteroatoms. The monoisotopic (exact) mass is 333 g/mol. The quantitative estimate of drug-likeness (QED) is 0.800. The average Bonchev–Trinajstić information content (AvgIpc) is 3.04. The lowest BCUT2D eigenvalue weighted by molar-refractivity contribution is 0.0185. The fourth-order valence-electron chi connectivity index (χ4n) is 3.84. The van der Waals surface area contributed by atoms with Gasteiger partial charge in [0.25, 0.3) is 0 Å². The molecular weight excluding hydrogens is 302 g/mol. The summed E-state index contributed by atoms with van der Waals surface area (Å²) in [5, 5.41) is 4.63. The number of hydrogen-bond donors (Lipinski definition) is 0. The van der Waals surface area contributed by atoms with Crippen molar-refractivity contribution in [2.45, 2.75) is 83.3 Å². The second-order valence-corrected chi connectivity index (χ2v) is 8.29. The Bertz CT molecular complexity index is 547. The first-order valence-corrected chi connectivity index (χ1v) is 9.44. The lowest BCUT2D eigenvalue weighted by Crippen LogP contribution is -2.42. The fraction of sp³-hybridized carbons (Fsp3) is 0.789. The number of carbonyl (C=O) groups excluding carboxylic acids is 1. The normalized spacial score (nSPS) is 21.0. The van der Waals surface area contributed by atoms with Crippen LogP contribution in [0.5, 0.6) is 0 Å². The molecule has 2 aliphatic rings. The van der Waals surface area contributed by atoms with Crippen molar-refractivity contribution in [1.82, 2.24) is 14.7 Å². The maximum atomic E-state index is 12.1. The number of likely N-dealkylation sites (tertiary alicyclic amines) is 1. The van der Waals surface area contributed by atoms with Crippen LogP contribution in [0, 0.1) is 0 Å². The molecule has 0 N–H and O–H groups in total. The summed E-state index contributed by atoms with van der Waals surface area (Å²) in [6.07, 6.45) is 12.7. The number of piperidine rings is 1. The van der Waals surface area contributed by atoms with Crippen molar-refractivity contribution in [2.24, 2.45) is 0 Å². The molecule has 1 saturated heterocycles. The van der Waals surface area contributed by atoms with Crippen molar-refractivity contribution in [1.29, 1.82) is 0 Å². The largest absolute Gasteiger partial charge is 0.444 e. The SMILES string of the molecule is CC(C)(C)OC(=O)N1CCC(n2cc(C3CCCCC3)cn2)CC1. The molecular formula is C19H31N3O2. The van der Waals surface area contributed by atoms with Gasteiger partial charge in [0.05, 0.1) is 12.2 Å². The number of nitrogens with zero attached hydrogens (tertiary/aromatic N) is 3. The second kappa shape index (κ2) is 7.16. The van der Waals surface area contributed by atoms with E-state index in [2.05, 4.69) is 22.2 Å². The van der Waals surface area contributed by atoms with Gasteiger partial charge in [0.15, 0.2) is 0 Å². The van der Waals surface area contributed by atoms with Crippen LogP contribution >= 0.6 is 0 Å². The van der Waals surface area contributed by atoms with Crippen LogP contribution in [0.25, 0.3) is 0 Å². The third-order valence-electron chi connectivity index (χ3n) is 5.19. The lowest BCUT2D eigenvalue weighted by atomic mass is 9.85. The van der Waals surface area contributed by atoms with Gasteiger partial charge in [-0.3, -0.25) is 4.68 Å². The van der Waals surface area contributed by atoms with Crippen LogP contribution in [0.4, 0.5) is 4.79 Å². The molecule has 1 aliphatic carbocycles. The van der Waals surface area contributed by atoms with E-state index in [0.717, 1.165) is 25.9 Å². The molecule has 134 valence electrons. The number of hydrogen-bond acceptors (Lipinski definition) is 3. The summed E-state index contributed by atoms with van der Waals surface area (Å²) in [5.41, 5.74) is 0.981. The summed E-state index contributed by atoms with van der Waals surface area (Å²) in [7, 11) is 0. The first-order valence-electron chi connectivity index (χ1n) is 9.44. The zero-order chi connectivity index (χ0) is 17.2. The molecule has 3 rings (SSSR count). The van der Waals surface area contributed by atoms with E-state index in [9.17, 15) is 4.79 Å². The molecule has 0 unspecified atom stereocenters. The van der Waals surface area contributed by atoms with Crippen LogP contribution in [-0.4, -0.2) is 39.5 Å². The molecule has 1 amide bonds. The summed E-state index contributed by atoms with van der Waals surface area (Å²) >= 11 is 0. The van der Waals surface area contributed by atoms with E-state index in [1.54, 1.807) is 0 Å². The fourth-order valence-corrected chi connectivity index (χ4v) is 3.84. The van der Waals surface area contributed by atoms with Crippen LogP contribution < -0.4 is 0 Å². The Labute approximate surface area is 145 Å². The molecule has 2 fully saturated rings. The van der Waals surface area contributed by atoms with Gasteiger partial charge in [0, 0.05) is 19.3 Å². The van der Waals surface area contributed by atoms with E-state index in [4.69, 9.17) is 4.74 Å². The predicted octanol–water partition coefficient (Wildman–Crippen LogP) is 4.50. The van der Waals surface area contributed by atoms with Gasteiger partial charge in [0.2, 0.25) is 0 Å². The highest BCUT2D eigenvalue weighted by molar-refractivity contribution is 5.68. The number of rotatable bonds is 2. The Hall–Kier alpha value is -1.52. The Kier molecular flexibility index (Phi) is 5.16. The van der Waals surface area contributed by atoms with E-state index in [0.29, 0.717) is 12.0 Å². The van der Waals surface area contributed by atoms with Crippen molar-refractivity contribution < 1.29 is 9.53 Å². The van der Waals surface area contributed by atoms with Gasteiger partial charge < -0.3 is 9.64 Å². The zero-order valence-electron chi connectivity index (χ0n) is 15.3. The highest BCUT2D eigenvalue weighted by Crippen LogP contribution is 2.33. The van der Waals surface area contributed by atoms with Crippen molar-refractivity contribution in [3.63, 3.8) is 0 Å². The summed E-state index contributed by atoms with van der Waals surface area (Å²) in [6, 6.07) is 0.404. The lowest BCUT2D eigenvalue weighted by Gasteiger charge is -2.33. The molecule has 5 nitrogen and oxygen atoms in total. The minimum Gasteiger partial charge on any atom is -0.444 e. The molecule has 0 radical (unpaired) electrons.